The van der Waals surface area contributed by atoms with E-state index in [0.717, 1.165) is 33.1 Å². The number of aryl methyl sites for hydroxylation is 1. The van der Waals surface area contributed by atoms with Gasteiger partial charge in [-0.25, -0.2) is 4.98 Å². The summed E-state index contributed by atoms with van der Waals surface area (Å²) in [4.78, 5) is 32.8. The number of fused-ring (bicyclic) bond motifs is 4. The average Bonchev–Trinajstić information content (AvgIpc) is 3.05. The third kappa shape index (κ3) is 2.36. The first kappa shape index (κ1) is 15.5. The fourth-order valence-corrected chi connectivity index (χ4v) is 3.59. The summed E-state index contributed by atoms with van der Waals surface area (Å²) in [6.07, 6.45) is 1.70. The maximum atomic E-state index is 12.5. The van der Waals surface area contributed by atoms with E-state index in [0.29, 0.717) is 11.4 Å². The Morgan fingerprint density at radius 1 is 0.926 bits per heavy atom. The lowest BCUT2D eigenvalue weighted by Gasteiger charge is -2.16. The van der Waals surface area contributed by atoms with Gasteiger partial charge in [0, 0.05) is 21.9 Å². The van der Waals surface area contributed by atoms with Crippen LogP contribution in [0.4, 0.5) is 5.82 Å². The molecule has 0 saturated heterocycles. The maximum Gasteiger partial charge on any atom is 0.249 e. The first-order valence-electron chi connectivity index (χ1n) is 8.66. The van der Waals surface area contributed by atoms with E-state index >= 15 is 0 Å². The van der Waals surface area contributed by atoms with Crippen molar-refractivity contribution in [3.8, 4) is 0 Å². The lowest BCUT2D eigenvalue weighted by molar-refractivity contribution is -0.111. The zero-order valence-electron chi connectivity index (χ0n) is 14.5. The quantitative estimate of drug-likeness (QED) is 0.529. The highest BCUT2D eigenvalue weighted by Gasteiger charge is 2.27. The zero-order valence-corrected chi connectivity index (χ0v) is 14.5. The molecule has 2 aromatic carbocycles. The van der Waals surface area contributed by atoms with Crippen molar-refractivity contribution in [1.29, 1.82) is 0 Å². The molecule has 5 heteroatoms. The number of rotatable bonds is 2. The molecule has 0 amide bonds. The molecule has 0 bridgehead atoms. The van der Waals surface area contributed by atoms with Crippen LogP contribution in [0.3, 0.4) is 0 Å². The maximum absolute atomic E-state index is 12.5. The number of H-pyrrole nitrogens is 1. The molecule has 2 N–H and O–H groups in total. The standard InChI is InChI=1S/C22H15N3O2/c1-12-20-16(15-8-4-5-9-17(15)25-20)11-19(23-12)24-18-10-13-6-2-3-7-14(13)21(26)22(18)27/h2-11,25H,1H3,(H,23,24). The summed E-state index contributed by atoms with van der Waals surface area (Å²) in [6, 6.07) is 17.0. The van der Waals surface area contributed by atoms with E-state index in [2.05, 4.69) is 15.3 Å². The number of Topliss-reactive ketones (excluding diaryl/α,β-unsaturated/α-hetero) is 2. The van der Waals surface area contributed by atoms with Crippen molar-refractivity contribution in [2.45, 2.75) is 6.92 Å². The lowest BCUT2D eigenvalue weighted by atomic mass is 9.93. The number of aromatic amines is 1. The monoisotopic (exact) mass is 353 g/mol. The number of pyridine rings is 1. The summed E-state index contributed by atoms with van der Waals surface area (Å²) >= 11 is 0. The first-order valence-corrected chi connectivity index (χ1v) is 8.66. The molecule has 5 nitrogen and oxygen atoms in total. The van der Waals surface area contributed by atoms with E-state index in [1.165, 1.54) is 0 Å². The molecule has 0 fully saturated rings. The molecule has 27 heavy (non-hydrogen) atoms. The van der Waals surface area contributed by atoms with E-state index in [9.17, 15) is 9.59 Å². The van der Waals surface area contributed by atoms with E-state index in [-0.39, 0.29) is 5.70 Å². The molecule has 2 heterocycles. The summed E-state index contributed by atoms with van der Waals surface area (Å²) < 4.78 is 0. The van der Waals surface area contributed by atoms with Crippen LogP contribution < -0.4 is 5.32 Å². The highest BCUT2D eigenvalue weighted by atomic mass is 16.2. The van der Waals surface area contributed by atoms with Crippen molar-refractivity contribution in [2.24, 2.45) is 0 Å². The number of ketones is 2. The van der Waals surface area contributed by atoms with Gasteiger partial charge in [-0.05, 0) is 30.7 Å². The predicted octanol–water partition coefficient (Wildman–Crippen LogP) is 4.24. The lowest BCUT2D eigenvalue weighted by Crippen LogP contribution is -2.25. The number of nitrogens with zero attached hydrogens (tertiary/aromatic N) is 1. The third-order valence-electron chi connectivity index (χ3n) is 4.90. The molecule has 130 valence electrons. The van der Waals surface area contributed by atoms with E-state index in [1.54, 1.807) is 18.2 Å². The van der Waals surface area contributed by atoms with Crippen LogP contribution in [0, 0.1) is 6.92 Å². The van der Waals surface area contributed by atoms with E-state index in [4.69, 9.17) is 0 Å². The zero-order chi connectivity index (χ0) is 18.5. The van der Waals surface area contributed by atoms with Crippen molar-refractivity contribution >= 4 is 45.3 Å². The van der Waals surface area contributed by atoms with Gasteiger partial charge in [-0.3, -0.25) is 9.59 Å². The Bertz CT molecular complexity index is 1300. The Morgan fingerprint density at radius 3 is 2.59 bits per heavy atom. The van der Waals surface area contributed by atoms with Gasteiger partial charge in [0.05, 0.1) is 16.9 Å². The normalized spacial score (nSPS) is 13.7. The SMILES string of the molecule is Cc1nc(NC2=Cc3ccccc3C(=O)C2=O)cc2c1[nH]c1ccccc12. The Balaban J connectivity index is 1.63. The number of hydrogen-bond donors (Lipinski definition) is 2. The number of para-hydroxylation sites is 1. The fraction of sp³-hybridized carbons (Fsp3) is 0.0455. The number of aromatic nitrogens is 2. The van der Waals surface area contributed by atoms with Crippen molar-refractivity contribution in [1.82, 2.24) is 9.97 Å². The highest BCUT2D eigenvalue weighted by Crippen LogP contribution is 2.30. The molecular weight excluding hydrogens is 338 g/mol. The molecule has 0 aliphatic heterocycles. The fourth-order valence-electron chi connectivity index (χ4n) is 3.59. The van der Waals surface area contributed by atoms with Crippen LogP contribution in [0.1, 0.15) is 21.6 Å². The molecule has 2 aromatic heterocycles. The Labute approximate surface area is 154 Å². The molecule has 1 aliphatic rings. The van der Waals surface area contributed by atoms with Crippen molar-refractivity contribution < 1.29 is 9.59 Å². The topological polar surface area (TPSA) is 74.8 Å². The van der Waals surface area contributed by atoms with Gasteiger partial charge >= 0.3 is 0 Å². The third-order valence-corrected chi connectivity index (χ3v) is 4.90. The first-order chi connectivity index (χ1) is 13.1. The number of carbonyl (C=O) groups excluding carboxylic acids is 2. The predicted molar refractivity (Wildman–Crippen MR) is 106 cm³/mol. The molecule has 1 aliphatic carbocycles. The molecule has 0 unspecified atom stereocenters. The van der Waals surface area contributed by atoms with E-state index < -0.39 is 11.6 Å². The summed E-state index contributed by atoms with van der Waals surface area (Å²) in [5.74, 6) is -0.510. The van der Waals surface area contributed by atoms with Gasteiger partial charge in [-0.15, -0.1) is 0 Å². The van der Waals surface area contributed by atoms with Crippen molar-refractivity contribution in [2.75, 3.05) is 5.32 Å². The molecule has 0 saturated carbocycles. The van der Waals surface area contributed by atoms with Crippen LogP contribution in [0.5, 0.6) is 0 Å². The van der Waals surface area contributed by atoms with E-state index in [1.807, 2.05) is 49.4 Å². The molecule has 4 aromatic rings. The Hall–Kier alpha value is -3.73. The average molecular weight is 353 g/mol. The number of carbonyl (C=O) groups is 2. The van der Waals surface area contributed by atoms with Gasteiger partial charge in [0.25, 0.3) is 0 Å². The van der Waals surface area contributed by atoms with Crippen LogP contribution in [0.25, 0.3) is 27.9 Å². The summed E-state index contributed by atoms with van der Waals surface area (Å²) in [5.41, 5.74) is 4.23. The number of anilines is 1. The second-order valence-electron chi connectivity index (χ2n) is 6.61. The van der Waals surface area contributed by atoms with Gasteiger partial charge < -0.3 is 10.3 Å². The number of allylic oxidation sites excluding steroid dienone is 1. The molecule has 0 spiro atoms. The van der Waals surface area contributed by atoms with Crippen LogP contribution in [0.2, 0.25) is 0 Å². The van der Waals surface area contributed by atoms with Gasteiger partial charge in [0.1, 0.15) is 5.82 Å². The Kier molecular flexibility index (Phi) is 3.24. The highest BCUT2D eigenvalue weighted by molar-refractivity contribution is 6.52. The van der Waals surface area contributed by atoms with Crippen molar-refractivity contribution in [3.63, 3.8) is 0 Å². The molecule has 0 radical (unpaired) electrons. The second-order valence-corrected chi connectivity index (χ2v) is 6.61. The minimum absolute atomic E-state index is 0.241. The van der Waals surface area contributed by atoms with Crippen LogP contribution in [-0.4, -0.2) is 21.5 Å². The molecule has 0 atom stereocenters. The number of hydrogen-bond acceptors (Lipinski definition) is 4. The molecule has 5 rings (SSSR count). The number of benzene rings is 2. The second kappa shape index (κ2) is 5.64. The summed E-state index contributed by atoms with van der Waals surface area (Å²) in [5, 5.41) is 5.17. The van der Waals surface area contributed by atoms with Crippen LogP contribution in [0.15, 0.2) is 60.3 Å². The van der Waals surface area contributed by atoms with Gasteiger partial charge in [0.2, 0.25) is 11.6 Å². The smallest absolute Gasteiger partial charge is 0.249 e. The van der Waals surface area contributed by atoms with Crippen LogP contribution in [-0.2, 0) is 4.79 Å². The number of nitrogens with one attached hydrogen (secondary N) is 2. The minimum Gasteiger partial charge on any atom is -0.353 e. The summed E-state index contributed by atoms with van der Waals surface area (Å²) in [6.45, 7) is 1.92. The largest absolute Gasteiger partial charge is 0.353 e. The van der Waals surface area contributed by atoms with Crippen LogP contribution >= 0.6 is 0 Å². The van der Waals surface area contributed by atoms with Crippen molar-refractivity contribution in [3.05, 3.63) is 77.1 Å². The Morgan fingerprint density at radius 2 is 1.70 bits per heavy atom. The minimum atomic E-state index is -0.549. The molecular formula is C22H15N3O2. The van der Waals surface area contributed by atoms with Gasteiger partial charge in [0.15, 0.2) is 0 Å². The van der Waals surface area contributed by atoms with Gasteiger partial charge in [-0.2, -0.15) is 0 Å². The summed E-state index contributed by atoms with van der Waals surface area (Å²) in [7, 11) is 0. The van der Waals surface area contributed by atoms with Gasteiger partial charge in [-0.1, -0.05) is 42.5 Å².